The molecule has 2 rings (SSSR count). The Balaban J connectivity index is 1.72. The Kier molecular flexibility index (Phi) is 5.81. The molecule has 0 saturated carbocycles. The van der Waals surface area contributed by atoms with Gasteiger partial charge in [0.15, 0.2) is 10.4 Å². The highest BCUT2D eigenvalue weighted by atomic mass is 79.9. The minimum absolute atomic E-state index is 0.0253. The van der Waals surface area contributed by atoms with Crippen molar-refractivity contribution in [3.05, 3.63) is 55.7 Å². The molecule has 0 bridgehead atoms. The maximum Gasteiger partial charge on any atom is 0.287 e. The predicted octanol–water partition coefficient (Wildman–Crippen LogP) is 3.18. The van der Waals surface area contributed by atoms with E-state index in [1.807, 2.05) is 0 Å². The van der Waals surface area contributed by atoms with Crippen LogP contribution in [0.15, 0.2) is 48.8 Å². The number of carbonyl (C=O) groups is 1. The van der Waals surface area contributed by atoms with Crippen LogP contribution in [0.1, 0.15) is 23.4 Å². The fourth-order valence-electron chi connectivity index (χ4n) is 1.81. The zero-order valence-corrected chi connectivity index (χ0v) is 14.3. The zero-order valence-electron chi connectivity index (χ0n) is 11.1. The van der Waals surface area contributed by atoms with Crippen LogP contribution in [0, 0.1) is 0 Å². The van der Waals surface area contributed by atoms with Gasteiger partial charge in [0.25, 0.3) is 11.5 Å². The molecule has 0 aromatic carbocycles. The molecule has 112 valence electrons. The topological polar surface area (TPSA) is 64.2 Å². The number of pyridine rings is 1. The van der Waals surface area contributed by atoms with Crippen LogP contribution in [0.2, 0.25) is 0 Å². The Morgan fingerprint density at radius 2 is 2.00 bits per heavy atom. The first kappa shape index (κ1) is 16.0. The standard InChI is InChI=1S/C14H14Br2N2O3/c15-10-3-6-13(19)18(9-10)8-2-1-7-17-14(20)11-4-5-12(16)21-11/h3-6,9H,1-2,7-8H2,(H,17,20). The van der Waals surface area contributed by atoms with Crippen LogP contribution in [0.5, 0.6) is 0 Å². The molecule has 1 N–H and O–H groups in total. The van der Waals surface area contributed by atoms with Crippen LogP contribution in [-0.4, -0.2) is 17.0 Å². The average molecular weight is 418 g/mol. The smallest absolute Gasteiger partial charge is 0.287 e. The van der Waals surface area contributed by atoms with E-state index in [-0.39, 0.29) is 17.2 Å². The van der Waals surface area contributed by atoms with E-state index in [1.165, 1.54) is 6.07 Å². The molecular weight excluding hydrogens is 404 g/mol. The van der Waals surface area contributed by atoms with Gasteiger partial charge in [-0.05, 0) is 62.9 Å². The van der Waals surface area contributed by atoms with Crippen LogP contribution >= 0.6 is 31.9 Å². The summed E-state index contributed by atoms with van der Waals surface area (Å²) < 4.78 is 8.21. The largest absolute Gasteiger partial charge is 0.444 e. The van der Waals surface area contributed by atoms with Gasteiger partial charge in [0.1, 0.15) is 0 Å². The summed E-state index contributed by atoms with van der Waals surface area (Å²) in [5, 5.41) is 2.77. The van der Waals surface area contributed by atoms with E-state index >= 15 is 0 Å². The Labute approximate surface area is 138 Å². The van der Waals surface area contributed by atoms with Crippen LogP contribution in [0.4, 0.5) is 0 Å². The number of halogens is 2. The molecule has 5 nitrogen and oxygen atoms in total. The number of amides is 1. The SMILES string of the molecule is O=C(NCCCCn1cc(Br)ccc1=O)c1ccc(Br)o1. The molecule has 0 unspecified atom stereocenters. The number of hydrogen-bond donors (Lipinski definition) is 1. The summed E-state index contributed by atoms with van der Waals surface area (Å²) in [5.41, 5.74) is -0.0253. The van der Waals surface area contributed by atoms with E-state index in [1.54, 1.807) is 29.0 Å². The number of aromatic nitrogens is 1. The highest BCUT2D eigenvalue weighted by Gasteiger charge is 2.09. The fraction of sp³-hybridized carbons (Fsp3) is 0.286. The Morgan fingerprint density at radius 3 is 2.71 bits per heavy atom. The maximum absolute atomic E-state index is 11.7. The number of rotatable bonds is 6. The monoisotopic (exact) mass is 416 g/mol. The average Bonchev–Trinajstić information content (AvgIpc) is 2.88. The van der Waals surface area contributed by atoms with Gasteiger partial charge in [-0.1, -0.05) is 0 Å². The first-order valence-electron chi connectivity index (χ1n) is 6.46. The highest BCUT2D eigenvalue weighted by molar-refractivity contribution is 9.10. The third-order valence-electron chi connectivity index (χ3n) is 2.86. The van der Waals surface area contributed by atoms with E-state index < -0.39 is 0 Å². The molecule has 0 aliphatic heterocycles. The van der Waals surface area contributed by atoms with Crippen molar-refractivity contribution in [1.29, 1.82) is 0 Å². The van der Waals surface area contributed by atoms with Gasteiger partial charge < -0.3 is 14.3 Å². The lowest BCUT2D eigenvalue weighted by atomic mass is 10.3. The summed E-state index contributed by atoms with van der Waals surface area (Å²) in [4.78, 5) is 23.3. The maximum atomic E-state index is 11.7. The quantitative estimate of drug-likeness (QED) is 0.734. The number of carbonyl (C=O) groups excluding carboxylic acids is 1. The molecule has 0 fully saturated rings. The molecular formula is C14H14Br2N2O3. The van der Waals surface area contributed by atoms with Crippen molar-refractivity contribution in [2.24, 2.45) is 0 Å². The summed E-state index contributed by atoms with van der Waals surface area (Å²) >= 11 is 6.48. The van der Waals surface area contributed by atoms with Crippen molar-refractivity contribution in [1.82, 2.24) is 9.88 Å². The number of nitrogens with zero attached hydrogens (tertiary/aromatic N) is 1. The van der Waals surface area contributed by atoms with Gasteiger partial charge in [0, 0.05) is 29.8 Å². The molecule has 0 saturated heterocycles. The zero-order chi connectivity index (χ0) is 15.2. The van der Waals surface area contributed by atoms with Gasteiger partial charge in [-0.2, -0.15) is 0 Å². The molecule has 0 aliphatic carbocycles. The summed E-state index contributed by atoms with van der Waals surface area (Å²) in [6.45, 7) is 1.17. The first-order chi connectivity index (χ1) is 10.1. The predicted molar refractivity (Wildman–Crippen MR) is 86.4 cm³/mol. The molecule has 0 atom stereocenters. The Morgan fingerprint density at radius 1 is 1.19 bits per heavy atom. The van der Waals surface area contributed by atoms with E-state index in [0.717, 1.165) is 17.3 Å². The summed E-state index contributed by atoms with van der Waals surface area (Å²) in [6, 6.07) is 6.54. The second-order valence-corrected chi connectivity index (χ2v) is 6.14. The van der Waals surface area contributed by atoms with Crippen LogP contribution < -0.4 is 10.9 Å². The van der Waals surface area contributed by atoms with Crippen molar-refractivity contribution in [3.63, 3.8) is 0 Å². The number of furan rings is 1. The summed E-state index contributed by atoms with van der Waals surface area (Å²) in [5.74, 6) is 0.0467. The van der Waals surface area contributed by atoms with Crippen LogP contribution in [-0.2, 0) is 6.54 Å². The van der Waals surface area contributed by atoms with Crippen molar-refractivity contribution >= 4 is 37.8 Å². The number of nitrogens with one attached hydrogen (secondary N) is 1. The lowest BCUT2D eigenvalue weighted by Crippen LogP contribution is -2.24. The van der Waals surface area contributed by atoms with E-state index in [0.29, 0.717) is 17.8 Å². The van der Waals surface area contributed by atoms with Crippen LogP contribution in [0.25, 0.3) is 0 Å². The second kappa shape index (κ2) is 7.61. The molecule has 0 spiro atoms. The second-order valence-electron chi connectivity index (χ2n) is 4.45. The van der Waals surface area contributed by atoms with Crippen molar-refractivity contribution in [2.45, 2.75) is 19.4 Å². The van der Waals surface area contributed by atoms with Gasteiger partial charge in [-0.15, -0.1) is 0 Å². The van der Waals surface area contributed by atoms with Crippen LogP contribution in [0.3, 0.4) is 0 Å². The lowest BCUT2D eigenvalue weighted by molar-refractivity contribution is 0.0924. The molecule has 2 aromatic heterocycles. The van der Waals surface area contributed by atoms with Gasteiger partial charge in [-0.3, -0.25) is 9.59 Å². The number of hydrogen-bond acceptors (Lipinski definition) is 3. The Hall–Kier alpha value is -1.34. The molecule has 7 heteroatoms. The van der Waals surface area contributed by atoms with Gasteiger partial charge in [-0.25, -0.2) is 0 Å². The highest BCUT2D eigenvalue weighted by Crippen LogP contribution is 2.13. The third kappa shape index (κ3) is 4.86. The van der Waals surface area contributed by atoms with Gasteiger partial charge >= 0.3 is 0 Å². The molecule has 1 amide bonds. The van der Waals surface area contributed by atoms with Crippen molar-refractivity contribution in [2.75, 3.05) is 6.54 Å². The van der Waals surface area contributed by atoms with Crippen molar-refractivity contribution < 1.29 is 9.21 Å². The van der Waals surface area contributed by atoms with Crippen molar-refractivity contribution in [3.8, 4) is 0 Å². The minimum atomic E-state index is -0.236. The number of aryl methyl sites for hydroxylation is 1. The normalized spacial score (nSPS) is 10.6. The Bertz CT molecular complexity index is 679. The summed E-state index contributed by atoms with van der Waals surface area (Å²) in [7, 11) is 0. The van der Waals surface area contributed by atoms with E-state index in [2.05, 4.69) is 37.2 Å². The van der Waals surface area contributed by atoms with Gasteiger partial charge in [0.2, 0.25) is 0 Å². The number of unbranched alkanes of at least 4 members (excludes halogenated alkanes) is 1. The third-order valence-corrected chi connectivity index (χ3v) is 3.75. The first-order valence-corrected chi connectivity index (χ1v) is 8.04. The minimum Gasteiger partial charge on any atom is -0.444 e. The molecule has 0 radical (unpaired) electrons. The fourth-order valence-corrected chi connectivity index (χ4v) is 2.50. The van der Waals surface area contributed by atoms with E-state index in [9.17, 15) is 9.59 Å². The van der Waals surface area contributed by atoms with E-state index in [4.69, 9.17) is 4.42 Å². The lowest BCUT2D eigenvalue weighted by Gasteiger charge is -2.06. The molecule has 2 aromatic rings. The molecule has 2 heterocycles. The molecule has 0 aliphatic rings. The van der Waals surface area contributed by atoms with Gasteiger partial charge in [0.05, 0.1) is 0 Å². The molecule has 21 heavy (non-hydrogen) atoms. The summed E-state index contributed by atoms with van der Waals surface area (Å²) in [6.07, 6.45) is 3.35.